The summed E-state index contributed by atoms with van der Waals surface area (Å²) in [5.74, 6) is -0.159. The summed E-state index contributed by atoms with van der Waals surface area (Å²) in [6, 6.07) is 5.19. The molecule has 1 aliphatic rings. The van der Waals surface area contributed by atoms with E-state index in [2.05, 4.69) is 21.2 Å². The second kappa shape index (κ2) is 4.55. The Hall–Kier alpha value is -0.650. The van der Waals surface area contributed by atoms with Crippen molar-refractivity contribution < 1.29 is 4.79 Å². The van der Waals surface area contributed by atoms with Crippen molar-refractivity contribution >= 4 is 56.3 Å². The van der Waals surface area contributed by atoms with Crippen molar-refractivity contribution in [2.45, 2.75) is 12.8 Å². The van der Waals surface area contributed by atoms with Crippen LogP contribution in [-0.4, -0.2) is 10.9 Å². The Balaban J connectivity index is 2.19. The molecule has 3 N–H and O–H groups in total. The third-order valence-corrected chi connectivity index (χ3v) is 4.15. The first kappa shape index (κ1) is 12.8. The van der Waals surface area contributed by atoms with Crippen molar-refractivity contribution in [2.24, 2.45) is 11.1 Å². The highest BCUT2D eigenvalue weighted by atomic mass is 79.9. The minimum absolute atomic E-state index is 0.159. The van der Waals surface area contributed by atoms with Crippen LogP contribution in [0.5, 0.6) is 0 Å². The molecule has 0 unspecified atom stereocenters. The second-order valence-electron chi connectivity index (χ2n) is 4.02. The van der Waals surface area contributed by atoms with E-state index in [1.807, 2.05) is 0 Å². The van der Waals surface area contributed by atoms with Crippen LogP contribution in [0.2, 0.25) is 5.02 Å². The lowest BCUT2D eigenvalue weighted by Crippen LogP contribution is -2.35. The molecule has 0 atom stereocenters. The fourth-order valence-corrected chi connectivity index (χ4v) is 2.36. The first-order valence-corrected chi connectivity index (χ1v) is 6.60. The van der Waals surface area contributed by atoms with Crippen LogP contribution in [0.1, 0.15) is 12.8 Å². The summed E-state index contributed by atoms with van der Waals surface area (Å²) in [6.45, 7) is 0. The maximum Gasteiger partial charge on any atom is 0.237 e. The van der Waals surface area contributed by atoms with Crippen molar-refractivity contribution in [3.05, 3.63) is 27.7 Å². The molecule has 1 aromatic carbocycles. The van der Waals surface area contributed by atoms with Gasteiger partial charge in [-0.3, -0.25) is 4.79 Å². The number of anilines is 1. The zero-order chi connectivity index (χ0) is 12.6. The molecule has 2 rings (SSSR count). The molecule has 6 heteroatoms. The topological polar surface area (TPSA) is 55.1 Å². The third-order valence-electron chi connectivity index (χ3n) is 2.83. The molecule has 0 saturated heterocycles. The van der Waals surface area contributed by atoms with E-state index in [1.54, 1.807) is 18.2 Å². The number of nitrogens with two attached hydrogens (primary N) is 1. The van der Waals surface area contributed by atoms with Crippen LogP contribution >= 0.6 is 39.7 Å². The van der Waals surface area contributed by atoms with E-state index in [4.69, 9.17) is 29.6 Å². The average Bonchev–Trinajstić information content (AvgIpc) is 3.04. The van der Waals surface area contributed by atoms with Gasteiger partial charge in [-0.2, -0.15) is 0 Å². The highest BCUT2D eigenvalue weighted by Gasteiger charge is 2.52. The van der Waals surface area contributed by atoms with E-state index in [-0.39, 0.29) is 10.9 Å². The molecule has 1 fully saturated rings. The van der Waals surface area contributed by atoms with E-state index in [0.717, 1.165) is 4.47 Å². The number of carbonyl (C=O) groups excluding carboxylic acids is 1. The Morgan fingerprint density at radius 2 is 2.18 bits per heavy atom. The maximum absolute atomic E-state index is 12.1. The zero-order valence-electron chi connectivity index (χ0n) is 8.80. The molecule has 0 aromatic heterocycles. The third kappa shape index (κ3) is 2.46. The van der Waals surface area contributed by atoms with Crippen LogP contribution in [0.15, 0.2) is 22.7 Å². The number of amides is 1. The molecule has 1 aliphatic carbocycles. The summed E-state index contributed by atoms with van der Waals surface area (Å²) in [5, 5.41) is 3.36. The van der Waals surface area contributed by atoms with E-state index >= 15 is 0 Å². The van der Waals surface area contributed by atoms with Gasteiger partial charge in [0.05, 0.1) is 16.1 Å². The SMILES string of the molecule is NC(=S)C1(C(=O)Nc2cc(Cl)ccc2Br)CC1. The largest absolute Gasteiger partial charge is 0.392 e. The highest BCUT2D eigenvalue weighted by Crippen LogP contribution is 2.47. The molecule has 1 saturated carbocycles. The first-order chi connectivity index (χ1) is 7.95. The minimum Gasteiger partial charge on any atom is -0.392 e. The molecule has 3 nitrogen and oxygen atoms in total. The molecule has 0 aliphatic heterocycles. The monoisotopic (exact) mass is 332 g/mol. The van der Waals surface area contributed by atoms with Gasteiger partial charge in [-0.05, 0) is 47.0 Å². The van der Waals surface area contributed by atoms with E-state index in [9.17, 15) is 4.79 Å². The van der Waals surface area contributed by atoms with Gasteiger partial charge in [0.25, 0.3) is 0 Å². The predicted molar refractivity (Wildman–Crippen MR) is 76.2 cm³/mol. The van der Waals surface area contributed by atoms with Crippen LogP contribution in [0, 0.1) is 5.41 Å². The first-order valence-electron chi connectivity index (χ1n) is 5.02. The van der Waals surface area contributed by atoms with Gasteiger partial charge < -0.3 is 11.1 Å². The Labute approximate surface area is 118 Å². The van der Waals surface area contributed by atoms with Gasteiger partial charge in [-0.15, -0.1) is 0 Å². The van der Waals surface area contributed by atoms with Gasteiger partial charge in [0.15, 0.2) is 0 Å². The zero-order valence-corrected chi connectivity index (χ0v) is 12.0. The lowest BCUT2D eigenvalue weighted by Gasteiger charge is -2.14. The minimum atomic E-state index is -0.656. The van der Waals surface area contributed by atoms with E-state index in [0.29, 0.717) is 23.6 Å². The smallest absolute Gasteiger partial charge is 0.237 e. The number of halogens is 2. The number of rotatable bonds is 3. The van der Waals surface area contributed by atoms with Crippen LogP contribution in [0.3, 0.4) is 0 Å². The standard InChI is InChI=1S/C11H10BrClN2OS/c12-7-2-1-6(13)5-8(7)15-10(16)11(3-4-11)9(14)17/h1-2,5H,3-4H2,(H2,14,17)(H,15,16). The lowest BCUT2D eigenvalue weighted by atomic mass is 10.1. The molecule has 0 bridgehead atoms. The highest BCUT2D eigenvalue weighted by molar-refractivity contribution is 9.10. The molecule has 90 valence electrons. The van der Waals surface area contributed by atoms with E-state index in [1.165, 1.54) is 0 Å². The number of thiocarbonyl (C=S) groups is 1. The van der Waals surface area contributed by atoms with Crippen molar-refractivity contribution in [3.63, 3.8) is 0 Å². The van der Waals surface area contributed by atoms with Gasteiger partial charge in [0, 0.05) is 9.50 Å². The second-order valence-corrected chi connectivity index (χ2v) is 5.76. The van der Waals surface area contributed by atoms with E-state index < -0.39 is 5.41 Å². The average molecular weight is 334 g/mol. The molecule has 1 amide bonds. The Kier molecular flexibility index (Phi) is 3.43. The Morgan fingerprint density at radius 1 is 1.53 bits per heavy atom. The Morgan fingerprint density at radius 3 is 2.71 bits per heavy atom. The maximum atomic E-state index is 12.1. The number of carbonyl (C=O) groups is 1. The molecule has 0 spiro atoms. The number of nitrogens with one attached hydrogen (secondary N) is 1. The van der Waals surface area contributed by atoms with Crippen LogP contribution in [0.25, 0.3) is 0 Å². The number of hydrogen-bond acceptors (Lipinski definition) is 2. The lowest BCUT2D eigenvalue weighted by molar-refractivity contribution is -0.118. The van der Waals surface area contributed by atoms with Crippen LogP contribution < -0.4 is 11.1 Å². The fraction of sp³-hybridized carbons (Fsp3) is 0.273. The van der Waals surface area contributed by atoms with Crippen molar-refractivity contribution in [2.75, 3.05) is 5.32 Å². The van der Waals surface area contributed by atoms with Gasteiger partial charge in [0.2, 0.25) is 5.91 Å². The molecule has 0 heterocycles. The molecular weight excluding hydrogens is 324 g/mol. The summed E-state index contributed by atoms with van der Waals surface area (Å²) >= 11 is 14.1. The van der Waals surface area contributed by atoms with Crippen molar-refractivity contribution in [1.82, 2.24) is 0 Å². The van der Waals surface area contributed by atoms with Crippen LogP contribution in [0.4, 0.5) is 5.69 Å². The van der Waals surface area contributed by atoms with Gasteiger partial charge in [0.1, 0.15) is 0 Å². The molecule has 1 aromatic rings. The molecular formula is C11H10BrClN2OS. The molecule has 0 radical (unpaired) electrons. The van der Waals surface area contributed by atoms with Crippen LogP contribution in [-0.2, 0) is 4.79 Å². The van der Waals surface area contributed by atoms with Crippen molar-refractivity contribution in [3.8, 4) is 0 Å². The van der Waals surface area contributed by atoms with Crippen molar-refractivity contribution in [1.29, 1.82) is 0 Å². The van der Waals surface area contributed by atoms with Gasteiger partial charge in [-0.1, -0.05) is 23.8 Å². The summed E-state index contributed by atoms with van der Waals surface area (Å²) < 4.78 is 0.772. The Bertz CT molecular complexity index is 502. The number of hydrogen-bond donors (Lipinski definition) is 2. The summed E-state index contributed by atoms with van der Waals surface area (Å²) in [4.78, 5) is 12.3. The quantitative estimate of drug-likeness (QED) is 0.836. The summed E-state index contributed by atoms with van der Waals surface area (Å²) in [6.07, 6.45) is 1.43. The summed E-state index contributed by atoms with van der Waals surface area (Å²) in [7, 11) is 0. The predicted octanol–water partition coefficient (Wildman–Crippen LogP) is 3.11. The summed E-state index contributed by atoms with van der Waals surface area (Å²) in [5.41, 5.74) is 5.56. The van der Waals surface area contributed by atoms with Gasteiger partial charge in [-0.25, -0.2) is 0 Å². The normalized spacial score (nSPS) is 16.4. The fourth-order valence-electron chi connectivity index (χ4n) is 1.55. The number of benzene rings is 1. The molecule has 17 heavy (non-hydrogen) atoms. The van der Waals surface area contributed by atoms with Gasteiger partial charge >= 0.3 is 0 Å².